The molecule has 1 aliphatic heterocycles. The number of nitrogens with one attached hydrogen (secondary N) is 1. The van der Waals surface area contributed by atoms with Gasteiger partial charge in [0.1, 0.15) is 5.82 Å². The second kappa shape index (κ2) is 8.11. The monoisotopic (exact) mass is 419 g/mol. The van der Waals surface area contributed by atoms with Crippen LogP contribution in [0, 0.1) is 20.8 Å². The van der Waals surface area contributed by atoms with E-state index >= 15 is 0 Å². The van der Waals surface area contributed by atoms with Gasteiger partial charge in [-0.2, -0.15) is 4.98 Å². The van der Waals surface area contributed by atoms with E-state index in [0.29, 0.717) is 22.3 Å². The predicted octanol–water partition coefficient (Wildman–Crippen LogP) is 4.47. The molecule has 154 valence electrons. The molecule has 1 aliphatic rings. The third kappa shape index (κ3) is 3.92. The van der Waals surface area contributed by atoms with E-state index in [1.54, 1.807) is 0 Å². The van der Waals surface area contributed by atoms with Gasteiger partial charge in [-0.3, -0.25) is 9.59 Å². The highest BCUT2D eigenvalue weighted by Gasteiger charge is 2.32. The Balaban J connectivity index is 1.75. The topological polar surface area (TPSA) is 64.0 Å². The van der Waals surface area contributed by atoms with Crippen LogP contribution in [-0.2, 0) is 17.6 Å². The molecule has 1 amide bonds. The second-order valence-corrected chi connectivity index (χ2v) is 8.91. The Labute approximate surface area is 180 Å². The van der Waals surface area contributed by atoms with E-state index in [1.165, 1.54) is 22.9 Å². The average Bonchev–Trinajstić information content (AvgIpc) is 2.71. The maximum Gasteiger partial charge on any atom is 0.279 e. The molecule has 30 heavy (non-hydrogen) atoms. The first kappa shape index (κ1) is 20.4. The van der Waals surface area contributed by atoms with Crippen LogP contribution in [0.25, 0.3) is 0 Å². The Morgan fingerprint density at radius 2 is 1.87 bits per heavy atom. The Hall–Kier alpha value is -2.86. The van der Waals surface area contributed by atoms with Crippen molar-refractivity contribution in [3.8, 4) is 0 Å². The molecule has 1 unspecified atom stereocenters. The van der Waals surface area contributed by atoms with Crippen molar-refractivity contribution in [2.45, 2.75) is 44.0 Å². The van der Waals surface area contributed by atoms with Gasteiger partial charge in [0, 0.05) is 25.1 Å². The number of hydrogen-bond acceptors (Lipinski definition) is 4. The molecule has 3 aromatic rings. The van der Waals surface area contributed by atoms with E-state index in [1.807, 2.05) is 43.7 Å². The van der Waals surface area contributed by atoms with Crippen LogP contribution < -0.4 is 10.9 Å². The number of rotatable bonds is 4. The van der Waals surface area contributed by atoms with Gasteiger partial charge in [0.2, 0.25) is 5.91 Å². The summed E-state index contributed by atoms with van der Waals surface area (Å²) in [5.41, 5.74) is 5.88. The van der Waals surface area contributed by atoms with Crippen molar-refractivity contribution in [2.24, 2.45) is 7.05 Å². The standard InChI is InChI=1S/C24H25N3O2S/c1-14-6-5-7-17(10-14)13-30-24-26-23(29)21-19(12-20(28)25-22(21)27(24)4)18-11-15(2)8-9-16(18)3/h5-11,19H,12-13H2,1-4H3,(H,25,28). The van der Waals surface area contributed by atoms with E-state index in [2.05, 4.69) is 41.5 Å². The van der Waals surface area contributed by atoms with Crippen molar-refractivity contribution in [1.29, 1.82) is 0 Å². The first-order valence-corrected chi connectivity index (χ1v) is 11.0. The van der Waals surface area contributed by atoms with Crippen molar-refractivity contribution in [3.63, 3.8) is 0 Å². The van der Waals surface area contributed by atoms with Crippen molar-refractivity contribution in [2.75, 3.05) is 5.32 Å². The van der Waals surface area contributed by atoms with Crippen LogP contribution >= 0.6 is 11.8 Å². The average molecular weight is 420 g/mol. The number of anilines is 1. The van der Waals surface area contributed by atoms with E-state index < -0.39 is 0 Å². The quantitative estimate of drug-likeness (QED) is 0.501. The van der Waals surface area contributed by atoms with Gasteiger partial charge in [0.25, 0.3) is 5.56 Å². The number of aryl methyl sites for hydroxylation is 3. The van der Waals surface area contributed by atoms with Gasteiger partial charge in [0.05, 0.1) is 5.56 Å². The molecule has 1 aromatic heterocycles. The SMILES string of the molecule is Cc1cccc(CSc2nc(=O)c3c(n2C)NC(=O)CC3c2cc(C)ccc2C)c1. The van der Waals surface area contributed by atoms with E-state index in [4.69, 9.17) is 0 Å². The van der Waals surface area contributed by atoms with E-state index in [-0.39, 0.29) is 23.8 Å². The Morgan fingerprint density at radius 1 is 1.10 bits per heavy atom. The predicted molar refractivity (Wildman–Crippen MR) is 121 cm³/mol. The highest BCUT2D eigenvalue weighted by Crippen LogP contribution is 2.37. The number of hydrogen-bond donors (Lipinski definition) is 1. The van der Waals surface area contributed by atoms with Gasteiger partial charge in [-0.15, -0.1) is 0 Å². The Morgan fingerprint density at radius 3 is 2.63 bits per heavy atom. The lowest BCUT2D eigenvalue weighted by Crippen LogP contribution is -2.33. The number of carbonyl (C=O) groups is 1. The van der Waals surface area contributed by atoms with Crippen LogP contribution in [0.5, 0.6) is 0 Å². The van der Waals surface area contributed by atoms with Crippen molar-refractivity contribution >= 4 is 23.5 Å². The number of fused-ring (bicyclic) bond motifs is 1. The zero-order valence-corrected chi connectivity index (χ0v) is 18.5. The Kier molecular flexibility index (Phi) is 5.52. The molecule has 0 saturated heterocycles. The van der Waals surface area contributed by atoms with Gasteiger partial charge in [0.15, 0.2) is 5.16 Å². The van der Waals surface area contributed by atoms with Gasteiger partial charge in [-0.05, 0) is 37.5 Å². The van der Waals surface area contributed by atoms with Crippen LogP contribution in [0.4, 0.5) is 5.82 Å². The summed E-state index contributed by atoms with van der Waals surface area (Å²) in [7, 11) is 1.86. The maximum atomic E-state index is 13.1. The summed E-state index contributed by atoms with van der Waals surface area (Å²) in [5, 5.41) is 3.52. The second-order valence-electron chi connectivity index (χ2n) is 7.96. The summed E-state index contributed by atoms with van der Waals surface area (Å²) in [6.45, 7) is 6.10. The normalized spacial score (nSPS) is 15.6. The summed E-state index contributed by atoms with van der Waals surface area (Å²) < 4.78 is 1.84. The van der Waals surface area contributed by atoms with Crippen LogP contribution in [0.1, 0.15) is 45.7 Å². The lowest BCUT2D eigenvalue weighted by molar-refractivity contribution is -0.116. The third-order valence-electron chi connectivity index (χ3n) is 5.56. The summed E-state index contributed by atoms with van der Waals surface area (Å²) >= 11 is 1.50. The van der Waals surface area contributed by atoms with E-state index in [0.717, 1.165) is 16.7 Å². The van der Waals surface area contributed by atoms with Crippen LogP contribution in [0.15, 0.2) is 52.4 Å². The largest absolute Gasteiger partial charge is 0.312 e. The van der Waals surface area contributed by atoms with Gasteiger partial charge in [-0.1, -0.05) is 65.4 Å². The Bertz CT molecular complexity index is 1200. The zero-order valence-electron chi connectivity index (χ0n) is 17.7. The molecule has 6 heteroatoms. The summed E-state index contributed by atoms with van der Waals surface area (Å²) in [5.74, 6) is 0.901. The fourth-order valence-electron chi connectivity index (χ4n) is 4.02. The number of benzene rings is 2. The lowest BCUT2D eigenvalue weighted by Gasteiger charge is -2.28. The van der Waals surface area contributed by atoms with E-state index in [9.17, 15) is 9.59 Å². The molecular formula is C24H25N3O2S. The lowest BCUT2D eigenvalue weighted by atomic mass is 9.84. The molecule has 0 aliphatic carbocycles. The molecule has 4 rings (SSSR count). The minimum Gasteiger partial charge on any atom is -0.312 e. The first-order chi connectivity index (χ1) is 14.3. The third-order valence-corrected chi connectivity index (χ3v) is 6.66. The minimum atomic E-state index is -0.282. The smallest absolute Gasteiger partial charge is 0.279 e. The molecule has 0 fully saturated rings. The molecule has 0 radical (unpaired) electrons. The van der Waals surface area contributed by atoms with Crippen molar-refractivity contribution < 1.29 is 4.79 Å². The molecule has 5 nitrogen and oxygen atoms in total. The number of thioether (sulfide) groups is 1. The van der Waals surface area contributed by atoms with Gasteiger partial charge >= 0.3 is 0 Å². The summed E-state index contributed by atoms with van der Waals surface area (Å²) in [4.78, 5) is 30.0. The summed E-state index contributed by atoms with van der Waals surface area (Å²) in [6, 6.07) is 14.4. The molecular weight excluding hydrogens is 394 g/mol. The molecule has 0 spiro atoms. The summed E-state index contributed by atoms with van der Waals surface area (Å²) in [6.07, 6.45) is 0.254. The van der Waals surface area contributed by atoms with Crippen molar-refractivity contribution in [1.82, 2.24) is 9.55 Å². The van der Waals surface area contributed by atoms with Crippen LogP contribution in [0.3, 0.4) is 0 Å². The molecule has 0 saturated carbocycles. The molecule has 1 N–H and O–H groups in total. The number of aromatic nitrogens is 2. The molecule has 2 heterocycles. The minimum absolute atomic E-state index is 0.0794. The fraction of sp³-hybridized carbons (Fsp3) is 0.292. The number of carbonyl (C=O) groups excluding carboxylic acids is 1. The fourth-order valence-corrected chi connectivity index (χ4v) is 4.92. The van der Waals surface area contributed by atoms with Gasteiger partial charge in [-0.25, -0.2) is 0 Å². The highest BCUT2D eigenvalue weighted by molar-refractivity contribution is 7.98. The molecule has 0 bridgehead atoms. The van der Waals surface area contributed by atoms with Crippen molar-refractivity contribution in [3.05, 3.63) is 86.2 Å². The first-order valence-electron chi connectivity index (χ1n) is 9.99. The number of nitrogens with zero attached hydrogens (tertiary/aromatic N) is 2. The van der Waals surface area contributed by atoms with Crippen LogP contribution in [0.2, 0.25) is 0 Å². The molecule has 1 atom stereocenters. The highest BCUT2D eigenvalue weighted by atomic mass is 32.2. The number of amides is 1. The molecule has 2 aromatic carbocycles. The van der Waals surface area contributed by atoms with Gasteiger partial charge < -0.3 is 9.88 Å². The van der Waals surface area contributed by atoms with Crippen LogP contribution in [-0.4, -0.2) is 15.5 Å². The zero-order chi connectivity index (χ0) is 21.4. The maximum absolute atomic E-state index is 13.1.